The molecule has 1 aromatic carbocycles. The van der Waals surface area contributed by atoms with Crippen molar-refractivity contribution < 1.29 is 0 Å². The number of fused-ring (bicyclic) bond motifs is 1. The number of nitrogens with zero attached hydrogens (tertiary/aromatic N) is 1. The molecule has 2 aromatic rings. The fourth-order valence-electron chi connectivity index (χ4n) is 1.38. The van der Waals surface area contributed by atoms with Gasteiger partial charge in [-0.05, 0) is 24.6 Å². The summed E-state index contributed by atoms with van der Waals surface area (Å²) >= 11 is 0. The van der Waals surface area contributed by atoms with Crippen molar-refractivity contribution in [2.75, 3.05) is 0 Å². The number of hydrogen-bond acceptors (Lipinski definition) is 1. The Hall–Kier alpha value is -1.63. The van der Waals surface area contributed by atoms with E-state index in [1.807, 2.05) is 39.1 Å². The molecule has 2 rings (SSSR count). The van der Waals surface area contributed by atoms with Crippen LogP contribution in [0.1, 0.15) is 26.3 Å². The lowest BCUT2D eigenvalue weighted by molar-refractivity contribution is 1.41. The maximum atomic E-state index is 4.29. The molecule has 0 spiro atoms. The smallest absolute Gasteiger partial charge is 0.0707 e. The Morgan fingerprint density at radius 3 is 2.67 bits per heavy atom. The molecule has 0 atom stereocenters. The molecule has 0 N–H and O–H groups in total. The van der Waals surface area contributed by atoms with Gasteiger partial charge in [0.1, 0.15) is 0 Å². The zero-order valence-corrected chi connectivity index (χ0v) is 9.57. The van der Waals surface area contributed by atoms with Crippen LogP contribution in [-0.4, -0.2) is 4.98 Å². The Kier molecular flexibility index (Phi) is 4.55. The third-order valence-electron chi connectivity index (χ3n) is 1.99. The molecule has 0 aliphatic rings. The molecule has 0 aliphatic carbocycles. The Morgan fingerprint density at radius 2 is 1.93 bits per heavy atom. The topological polar surface area (TPSA) is 12.9 Å². The maximum absolute atomic E-state index is 4.29. The first-order chi connectivity index (χ1) is 7.40. The molecule has 1 nitrogen and oxygen atoms in total. The van der Waals surface area contributed by atoms with Gasteiger partial charge in [-0.25, -0.2) is 0 Å². The van der Waals surface area contributed by atoms with E-state index in [4.69, 9.17) is 0 Å². The average molecular weight is 199 g/mol. The zero-order chi connectivity index (χ0) is 11.1. The number of hydrogen-bond donors (Lipinski definition) is 0. The Labute approximate surface area is 91.5 Å². The molecular formula is C14H17N. The van der Waals surface area contributed by atoms with E-state index in [9.17, 15) is 0 Å². The molecular weight excluding hydrogens is 182 g/mol. The van der Waals surface area contributed by atoms with Crippen LogP contribution in [0.4, 0.5) is 0 Å². The van der Waals surface area contributed by atoms with Crippen molar-refractivity contribution in [2.45, 2.75) is 20.8 Å². The Balaban J connectivity index is 0.000000531. The van der Waals surface area contributed by atoms with E-state index in [-0.39, 0.29) is 0 Å². The summed E-state index contributed by atoms with van der Waals surface area (Å²) in [6.07, 6.45) is 5.93. The van der Waals surface area contributed by atoms with Crippen molar-refractivity contribution in [1.29, 1.82) is 0 Å². The molecule has 1 aromatic heterocycles. The summed E-state index contributed by atoms with van der Waals surface area (Å²) in [6, 6.07) is 10.3. The van der Waals surface area contributed by atoms with E-state index >= 15 is 0 Å². The summed E-state index contributed by atoms with van der Waals surface area (Å²) in [5.41, 5.74) is 2.26. The molecule has 0 aliphatic heterocycles. The van der Waals surface area contributed by atoms with E-state index in [1.54, 1.807) is 0 Å². The van der Waals surface area contributed by atoms with E-state index in [1.165, 1.54) is 10.9 Å². The van der Waals surface area contributed by atoms with Gasteiger partial charge in [0.2, 0.25) is 0 Å². The van der Waals surface area contributed by atoms with Gasteiger partial charge in [0.25, 0.3) is 0 Å². The third-order valence-corrected chi connectivity index (χ3v) is 1.99. The van der Waals surface area contributed by atoms with Crippen LogP contribution >= 0.6 is 0 Å². The van der Waals surface area contributed by atoms with Gasteiger partial charge in [0.15, 0.2) is 0 Å². The van der Waals surface area contributed by atoms with Crippen molar-refractivity contribution in [2.24, 2.45) is 0 Å². The number of aromatic nitrogens is 1. The normalized spacial score (nSPS) is 10.1. The van der Waals surface area contributed by atoms with E-state index in [0.29, 0.717) is 0 Å². The first-order valence-electron chi connectivity index (χ1n) is 5.37. The van der Waals surface area contributed by atoms with Gasteiger partial charge < -0.3 is 0 Å². The van der Waals surface area contributed by atoms with Crippen LogP contribution in [0.5, 0.6) is 0 Å². The van der Waals surface area contributed by atoms with Gasteiger partial charge in [-0.2, -0.15) is 0 Å². The van der Waals surface area contributed by atoms with Crippen LogP contribution in [-0.2, 0) is 0 Å². The SMILES string of the molecule is C/C=C/c1ccc2cccnc2c1.CC. The maximum Gasteiger partial charge on any atom is 0.0707 e. The highest BCUT2D eigenvalue weighted by Gasteiger charge is 1.92. The first kappa shape index (κ1) is 11.4. The summed E-state index contributed by atoms with van der Waals surface area (Å²) < 4.78 is 0. The Morgan fingerprint density at radius 1 is 1.13 bits per heavy atom. The van der Waals surface area contributed by atoms with Crippen molar-refractivity contribution >= 4 is 17.0 Å². The second kappa shape index (κ2) is 5.97. The average Bonchev–Trinajstić information content (AvgIpc) is 2.32. The molecule has 15 heavy (non-hydrogen) atoms. The number of rotatable bonds is 1. The Bertz CT molecular complexity index is 444. The van der Waals surface area contributed by atoms with Gasteiger partial charge in [0, 0.05) is 11.6 Å². The summed E-state index contributed by atoms with van der Waals surface area (Å²) in [6.45, 7) is 6.02. The van der Waals surface area contributed by atoms with Gasteiger partial charge in [0.05, 0.1) is 5.52 Å². The van der Waals surface area contributed by atoms with E-state index in [2.05, 4.69) is 35.3 Å². The van der Waals surface area contributed by atoms with Crippen molar-refractivity contribution in [3.63, 3.8) is 0 Å². The van der Waals surface area contributed by atoms with Crippen LogP contribution in [0.2, 0.25) is 0 Å². The highest BCUT2D eigenvalue weighted by atomic mass is 14.6. The fraction of sp³-hybridized carbons (Fsp3) is 0.214. The van der Waals surface area contributed by atoms with Gasteiger partial charge in [-0.15, -0.1) is 0 Å². The largest absolute Gasteiger partial charge is 0.256 e. The molecule has 0 saturated carbocycles. The number of pyridine rings is 1. The minimum absolute atomic E-state index is 1.05. The quantitative estimate of drug-likeness (QED) is 0.667. The lowest BCUT2D eigenvalue weighted by atomic mass is 10.1. The van der Waals surface area contributed by atoms with Crippen LogP contribution in [0.3, 0.4) is 0 Å². The van der Waals surface area contributed by atoms with Crippen LogP contribution in [0.15, 0.2) is 42.6 Å². The molecule has 1 heteroatoms. The highest BCUT2D eigenvalue weighted by molar-refractivity contribution is 5.80. The molecule has 0 saturated heterocycles. The molecule has 0 fully saturated rings. The van der Waals surface area contributed by atoms with Crippen molar-refractivity contribution in [1.82, 2.24) is 4.98 Å². The van der Waals surface area contributed by atoms with Crippen LogP contribution in [0, 0.1) is 0 Å². The van der Waals surface area contributed by atoms with E-state index in [0.717, 1.165) is 5.52 Å². The summed E-state index contributed by atoms with van der Waals surface area (Å²) in [5, 5.41) is 1.19. The monoisotopic (exact) mass is 199 g/mol. The summed E-state index contributed by atoms with van der Waals surface area (Å²) in [4.78, 5) is 4.29. The van der Waals surface area contributed by atoms with Crippen LogP contribution in [0.25, 0.3) is 17.0 Å². The summed E-state index contributed by atoms with van der Waals surface area (Å²) in [5.74, 6) is 0. The van der Waals surface area contributed by atoms with Crippen LogP contribution < -0.4 is 0 Å². The van der Waals surface area contributed by atoms with Crippen molar-refractivity contribution in [3.05, 3.63) is 48.2 Å². The first-order valence-corrected chi connectivity index (χ1v) is 5.37. The highest BCUT2D eigenvalue weighted by Crippen LogP contribution is 2.13. The predicted molar refractivity (Wildman–Crippen MR) is 67.8 cm³/mol. The number of allylic oxidation sites excluding steroid dienone is 1. The zero-order valence-electron chi connectivity index (χ0n) is 9.57. The summed E-state index contributed by atoms with van der Waals surface area (Å²) in [7, 11) is 0. The molecule has 1 heterocycles. The lowest BCUT2D eigenvalue weighted by Crippen LogP contribution is -1.78. The standard InChI is InChI=1S/C12H11N.C2H6/c1-2-4-10-6-7-11-5-3-8-13-12(11)9-10;1-2/h2-9H,1H3;1-2H3/b4-2+;. The molecule has 78 valence electrons. The predicted octanol–water partition coefficient (Wildman–Crippen LogP) is 4.29. The van der Waals surface area contributed by atoms with Gasteiger partial charge >= 0.3 is 0 Å². The van der Waals surface area contributed by atoms with Crippen molar-refractivity contribution in [3.8, 4) is 0 Å². The second-order valence-corrected chi connectivity index (χ2v) is 2.96. The molecule has 0 unspecified atom stereocenters. The van der Waals surface area contributed by atoms with Gasteiger partial charge in [-0.3, -0.25) is 4.98 Å². The molecule has 0 bridgehead atoms. The lowest BCUT2D eigenvalue weighted by Gasteiger charge is -1.97. The fourth-order valence-corrected chi connectivity index (χ4v) is 1.38. The number of benzene rings is 1. The minimum atomic E-state index is 1.05. The van der Waals surface area contributed by atoms with E-state index < -0.39 is 0 Å². The third kappa shape index (κ3) is 2.91. The second-order valence-electron chi connectivity index (χ2n) is 2.96. The molecule has 0 radical (unpaired) electrons. The molecule has 0 amide bonds. The van der Waals surface area contributed by atoms with Gasteiger partial charge in [-0.1, -0.05) is 44.2 Å². The minimum Gasteiger partial charge on any atom is -0.256 e.